The van der Waals surface area contributed by atoms with Crippen molar-refractivity contribution in [1.29, 1.82) is 0 Å². The number of rotatable bonds is 1. The molecule has 0 spiro atoms. The third kappa shape index (κ3) is 1.80. The Kier molecular flexibility index (Phi) is 3.31. The summed E-state index contributed by atoms with van der Waals surface area (Å²) in [6.07, 6.45) is -5.40. The molecule has 0 radical (unpaired) electrons. The lowest BCUT2D eigenvalue weighted by molar-refractivity contribution is -0.307. The van der Waals surface area contributed by atoms with Gasteiger partial charge in [-0.15, -0.1) is 12.4 Å². The molecule has 1 heterocycles. The van der Waals surface area contributed by atoms with E-state index in [1.807, 2.05) is 0 Å². The lowest BCUT2D eigenvalue weighted by atomic mass is 9.95. The third-order valence-electron chi connectivity index (χ3n) is 1.67. The van der Waals surface area contributed by atoms with Gasteiger partial charge in [0.15, 0.2) is 0 Å². The zero-order valence-corrected chi connectivity index (χ0v) is 6.61. The van der Waals surface area contributed by atoms with Gasteiger partial charge in [-0.25, -0.2) is 0 Å². The summed E-state index contributed by atoms with van der Waals surface area (Å²) < 4.78 is 59.0. The molecule has 1 saturated heterocycles. The van der Waals surface area contributed by atoms with Crippen molar-refractivity contribution in [2.75, 3.05) is 13.1 Å². The molecule has 1 aliphatic rings. The molecule has 0 aromatic carbocycles. The van der Waals surface area contributed by atoms with Crippen LogP contribution in [0.2, 0.25) is 0 Å². The minimum Gasteiger partial charge on any atom is -0.316 e. The SMILES string of the molecule is Cl.FC(F)(F)C(F)(F)C1CNC1. The maximum Gasteiger partial charge on any atom is 0.453 e. The van der Waals surface area contributed by atoms with Crippen LogP contribution in [-0.4, -0.2) is 25.2 Å². The highest BCUT2D eigenvalue weighted by Crippen LogP contribution is 2.42. The first-order chi connectivity index (χ1) is 4.86. The van der Waals surface area contributed by atoms with Crippen molar-refractivity contribution in [3.05, 3.63) is 0 Å². The number of halogens is 6. The Balaban J connectivity index is 0.00000121. The van der Waals surface area contributed by atoms with Crippen LogP contribution in [0.5, 0.6) is 0 Å². The maximum atomic E-state index is 12.2. The smallest absolute Gasteiger partial charge is 0.316 e. The summed E-state index contributed by atoms with van der Waals surface area (Å²) in [4.78, 5) is 0. The van der Waals surface area contributed by atoms with E-state index in [1.165, 1.54) is 0 Å². The quantitative estimate of drug-likeness (QED) is 0.653. The van der Waals surface area contributed by atoms with Crippen molar-refractivity contribution in [3.63, 3.8) is 0 Å². The Morgan fingerprint density at radius 3 is 1.50 bits per heavy atom. The van der Waals surface area contributed by atoms with E-state index in [2.05, 4.69) is 5.32 Å². The molecule has 1 fully saturated rings. The Bertz CT molecular complexity index is 152. The van der Waals surface area contributed by atoms with Crippen LogP contribution in [0.25, 0.3) is 0 Å². The summed E-state index contributed by atoms with van der Waals surface area (Å²) in [7, 11) is 0. The van der Waals surface area contributed by atoms with Crippen LogP contribution in [0.15, 0.2) is 0 Å². The van der Waals surface area contributed by atoms with E-state index in [9.17, 15) is 22.0 Å². The molecule has 0 amide bonds. The molecule has 0 aromatic rings. The van der Waals surface area contributed by atoms with E-state index in [0.717, 1.165) is 0 Å². The lowest BCUT2D eigenvalue weighted by Gasteiger charge is -2.35. The van der Waals surface area contributed by atoms with Gasteiger partial charge in [0, 0.05) is 13.1 Å². The maximum absolute atomic E-state index is 12.2. The van der Waals surface area contributed by atoms with Crippen LogP contribution in [0, 0.1) is 5.92 Å². The molecule has 1 N–H and O–H groups in total. The molecule has 74 valence electrons. The molecular formula is C5H7ClF5N. The van der Waals surface area contributed by atoms with Crippen LogP contribution in [-0.2, 0) is 0 Å². The average Bonchev–Trinajstić information content (AvgIpc) is 1.53. The average molecular weight is 212 g/mol. The molecule has 1 rings (SSSR count). The molecule has 0 saturated carbocycles. The Morgan fingerprint density at radius 2 is 1.42 bits per heavy atom. The van der Waals surface area contributed by atoms with Gasteiger partial charge in [0.25, 0.3) is 0 Å². The Morgan fingerprint density at radius 1 is 1.00 bits per heavy atom. The van der Waals surface area contributed by atoms with Gasteiger partial charge in [0.1, 0.15) is 0 Å². The zero-order chi connectivity index (χ0) is 8.70. The van der Waals surface area contributed by atoms with Gasteiger partial charge < -0.3 is 5.32 Å². The highest BCUT2D eigenvalue weighted by molar-refractivity contribution is 5.85. The van der Waals surface area contributed by atoms with Crippen LogP contribution in [0.4, 0.5) is 22.0 Å². The molecule has 7 heteroatoms. The van der Waals surface area contributed by atoms with Gasteiger partial charge in [-0.2, -0.15) is 22.0 Å². The Hall–Kier alpha value is -0.100. The van der Waals surface area contributed by atoms with E-state index in [-0.39, 0.29) is 25.5 Å². The van der Waals surface area contributed by atoms with E-state index in [4.69, 9.17) is 0 Å². The summed E-state index contributed by atoms with van der Waals surface area (Å²) in [6, 6.07) is 0. The van der Waals surface area contributed by atoms with Gasteiger partial charge in [-0.1, -0.05) is 0 Å². The fraction of sp³-hybridized carbons (Fsp3) is 1.00. The molecule has 0 aliphatic carbocycles. The normalized spacial score (nSPS) is 19.8. The van der Waals surface area contributed by atoms with Gasteiger partial charge in [-0.05, 0) is 0 Å². The second-order valence-corrected chi connectivity index (χ2v) is 2.48. The molecule has 0 bridgehead atoms. The van der Waals surface area contributed by atoms with Crippen molar-refractivity contribution < 1.29 is 22.0 Å². The fourth-order valence-corrected chi connectivity index (χ4v) is 0.776. The summed E-state index contributed by atoms with van der Waals surface area (Å²) in [5, 5.41) is 2.36. The minimum atomic E-state index is -5.40. The van der Waals surface area contributed by atoms with Crippen LogP contribution >= 0.6 is 12.4 Å². The molecule has 1 nitrogen and oxygen atoms in total. The first-order valence-corrected chi connectivity index (χ1v) is 3.01. The van der Waals surface area contributed by atoms with E-state index in [0.29, 0.717) is 0 Å². The van der Waals surface area contributed by atoms with Crippen molar-refractivity contribution in [3.8, 4) is 0 Å². The third-order valence-corrected chi connectivity index (χ3v) is 1.67. The predicted molar refractivity (Wildman–Crippen MR) is 34.6 cm³/mol. The standard InChI is InChI=1S/C5H6F5N.ClH/c6-4(7,5(8,9)10)3-1-11-2-3;/h3,11H,1-2H2;1H. The molecule has 0 aromatic heterocycles. The predicted octanol–water partition coefficient (Wildman–Crippen LogP) is 1.83. The van der Waals surface area contributed by atoms with E-state index < -0.39 is 18.0 Å². The number of nitrogens with one attached hydrogen (secondary N) is 1. The number of alkyl halides is 5. The highest BCUT2D eigenvalue weighted by atomic mass is 35.5. The molecule has 1 aliphatic heterocycles. The molecule has 12 heavy (non-hydrogen) atoms. The summed E-state index contributed by atoms with van der Waals surface area (Å²) in [5.74, 6) is -6.11. The van der Waals surface area contributed by atoms with Gasteiger partial charge >= 0.3 is 12.1 Å². The van der Waals surface area contributed by atoms with Crippen molar-refractivity contribution >= 4 is 12.4 Å². The monoisotopic (exact) mass is 211 g/mol. The molecular weight excluding hydrogens is 205 g/mol. The van der Waals surface area contributed by atoms with E-state index in [1.54, 1.807) is 0 Å². The van der Waals surface area contributed by atoms with E-state index >= 15 is 0 Å². The zero-order valence-electron chi connectivity index (χ0n) is 5.79. The fourth-order valence-electron chi connectivity index (χ4n) is 0.776. The second kappa shape index (κ2) is 3.33. The second-order valence-electron chi connectivity index (χ2n) is 2.48. The Labute approximate surface area is 71.7 Å². The topological polar surface area (TPSA) is 12.0 Å². The van der Waals surface area contributed by atoms with Gasteiger partial charge in [0.05, 0.1) is 5.92 Å². The van der Waals surface area contributed by atoms with Gasteiger partial charge in [-0.3, -0.25) is 0 Å². The minimum absolute atomic E-state index is 0. The first kappa shape index (κ1) is 11.9. The van der Waals surface area contributed by atoms with Crippen molar-refractivity contribution in [1.82, 2.24) is 5.32 Å². The van der Waals surface area contributed by atoms with Gasteiger partial charge in [0.2, 0.25) is 0 Å². The lowest BCUT2D eigenvalue weighted by Crippen LogP contribution is -2.57. The summed E-state index contributed by atoms with van der Waals surface area (Å²) in [5.41, 5.74) is 0. The number of hydrogen-bond donors (Lipinski definition) is 1. The highest BCUT2D eigenvalue weighted by Gasteiger charge is 2.63. The van der Waals surface area contributed by atoms with Crippen molar-refractivity contribution in [2.45, 2.75) is 12.1 Å². The first-order valence-electron chi connectivity index (χ1n) is 3.01. The van der Waals surface area contributed by atoms with Crippen LogP contribution in [0.1, 0.15) is 0 Å². The molecule has 0 atom stereocenters. The molecule has 0 unspecified atom stereocenters. The van der Waals surface area contributed by atoms with Crippen molar-refractivity contribution in [2.24, 2.45) is 5.92 Å². The largest absolute Gasteiger partial charge is 0.453 e. The van der Waals surface area contributed by atoms with Crippen LogP contribution in [0.3, 0.4) is 0 Å². The van der Waals surface area contributed by atoms with Crippen LogP contribution < -0.4 is 5.32 Å². The summed E-state index contributed by atoms with van der Waals surface area (Å²) in [6.45, 7) is -0.515. The number of hydrogen-bond acceptors (Lipinski definition) is 1. The summed E-state index contributed by atoms with van der Waals surface area (Å²) >= 11 is 0.